The average molecular weight is 240 g/mol. The Hall–Kier alpha value is 4.49. The molecule has 0 fully saturated rings. The number of halogens is 6. The molecule has 0 heterocycles. The van der Waals surface area contributed by atoms with Crippen LogP contribution >= 0.6 is 0 Å². The van der Waals surface area contributed by atoms with E-state index in [0.717, 1.165) is 0 Å². The molecule has 0 aliphatic rings. The Labute approximate surface area is 177 Å². The second-order valence-corrected chi connectivity index (χ2v) is 0. The predicted octanol–water partition coefficient (Wildman–Crippen LogP) is -1.03. The van der Waals surface area contributed by atoms with Crippen LogP contribution in [-0.4, -0.2) is 154 Å². The Bertz CT molecular complexity index is 8.26. The van der Waals surface area contributed by atoms with E-state index in [4.69, 9.17) is 0 Å². The van der Waals surface area contributed by atoms with Gasteiger partial charge in [-0.25, -0.2) is 0 Å². The van der Waals surface area contributed by atoms with Gasteiger partial charge in [0.05, 0.1) is 0 Å². The molecule has 0 rings (SSSR count). The van der Waals surface area contributed by atoms with E-state index >= 15 is 0 Å². The summed E-state index contributed by atoms with van der Waals surface area (Å²) in [6.45, 7) is 0. The molecule has 0 aliphatic carbocycles. The second kappa shape index (κ2) is 81.8. The first-order valence-corrected chi connectivity index (χ1v) is 0. The van der Waals surface area contributed by atoms with Crippen LogP contribution in [0, 0.1) is 0 Å². The van der Waals surface area contributed by atoms with Crippen LogP contribution in [0.1, 0.15) is 0 Å². The van der Waals surface area contributed by atoms with Crippen molar-refractivity contribution < 1.29 is 28.2 Å². The molecule has 0 spiro atoms. The van der Waals surface area contributed by atoms with Crippen molar-refractivity contribution in [2.45, 2.75) is 0 Å². The van der Waals surface area contributed by atoms with Gasteiger partial charge in [-0.05, 0) is 0 Å². The molecule has 9 heavy (non-hydrogen) atoms. The van der Waals surface area contributed by atoms with Gasteiger partial charge in [0.1, 0.15) is 0 Å². The van der Waals surface area contributed by atoms with Crippen molar-refractivity contribution in [3.63, 3.8) is 0 Å². The molecule has 0 saturated heterocycles. The van der Waals surface area contributed by atoms with Crippen molar-refractivity contribution in [1.29, 1.82) is 0 Å². The van der Waals surface area contributed by atoms with E-state index < -0.39 is 0 Å². The van der Waals surface area contributed by atoms with Gasteiger partial charge >= 0.3 is 154 Å². The first kappa shape index (κ1) is 104. The van der Waals surface area contributed by atoms with Gasteiger partial charge in [-0.15, -0.1) is 0 Å². The Morgan fingerprint density at radius 1 is 0.222 bits per heavy atom. The fourth-order valence-corrected chi connectivity index (χ4v) is 0. The molecule has 0 aromatic rings. The third kappa shape index (κ3) is 68.2. The monoisotopic (exact) mass is 240 g/mol. The topological polar surface area (TPSA) is 0 Å². The van der Waals surface area contributed by atoms with Gasteiger partial charge in [0.15, 0.2) is 0 Å². The van der Waals surface area contributed by atoms with Crippen molar-refractivity contribution in [3.05, 3.63) is 0 Å². The Balaban J connectivity index is 0. The van der Waals surface area contributed by atoms with Crippen molar-refractivity contribution in [2.24, 2.45) is 0 Å². The van der Waals surface area contributed by atoms with Crippen LogP contribution in [-0.2, 0) is 0 Å². The summed E-state index contributed by atoms with van der Waals surface area (Å²) >= 11 is 0. The quantitative estimate of drug-likeness (QED) is 0.375. The van der Waals surface area contributed by atoms with Gasteiger partial charge in [-0.3, -0.25) is 28.2 Å². The zero-order chi connectivity index (χ0) is 0. The predicted molar refractivity (Wildman–Crippen MR) is 36.5 cm³/mol. The minimum atomic E-state index is 0. The molecular formula is H9F6K3. The molecule has 0 saturated carbocycles. The third-order valence-corrected chi connectivity index (χ3v) is 0. The first-order valence-electron chi connectivity index (χ1n) is 0. The maximum atomic E-state index is 0. The van der Waals surface area contributed by atoms with E-state index in [9.17, 15) is 0 Å². The molecule has 0 bridgehead atoms. The fraction of sp³-hybridized carbons (Fsp3) is 0. The van der Waals surface area contributed by atoms with Crippen LogP contribution in [0.5, 0.6) is 0 Å². The molecule has 0 amide bonds. The molecule has 0 radical (unpaired) electrons. The Morgan fingerprint density at radius 3 is 0.222 bits per heavy atom. The number of rotatable bonds is 0. The molecule has 54 valence electrons. The summed E-state index contributed by atoms with van der Waals surface area (Å²) in [5.41, 5.74) is 0. The molecule has 0 aromatic heterocycles. The van der Waals surface area contributed by atoms with Gasteiger partial charge in [0.2, 0.25) is 0 Å². The molecule has 0 nitrogen and oxygen atoms in total. The normalized spacial score (nSPS) is 0. The van der Waals surface area contributed by atoms with Gasteiger partial charge in [0, 0.05) is 0 Å². The van der Waals surface area contributed by atoms with E-state index in [0.29, 0.717) is 0 Å². The Morgan fingerprint density at radius 2 is 0.222 bits per heavy atom. The van der Waals surface area contributed by atoms with Gasteiger partial charge < -0.3 is 0 Å². The second-order valence-electron chi connectivity index (χ2n) is 0. The summed E-state index contributed by atoms with van der Waals surface area (Å²) in [5, 5.41) is 0. The van der Waals surface area contributed by atoms with Crippen molar-refractivity contribution in [3.8, 4) is 0 Å². The van der Waals surface area contributed by atoms with Crippen LogP contribution in [0.25, 0.3) is 0 Å². The molecule has 0 N–H and O–H groups in total. The van der Waals surface area contributed by atoms with Gasteiger partial charge in [-0.2, -0.15) is 0 Å². The molecule has 0 aliphatic heterocycles. The van der Waals surface area contributed by atoms with E-state index in [1.807, 2.05) is 0 Å². The minimum absolute atomic E-state index is 0. The molecule has 0 aromatic carbocycles. The molecule has 9 heteroatoms. The van der Waals surface area contributed by atoms with Crippen molar-refractivity contribution in [2.75, 3.05) is 0 Å². The van der Waals surface area contributed by atoms with Crippen LogP contribution in [0.4, 0.5) is 28.2 Å². The SMILES string of the molecule is F.F.F.F.F.F.[KH].[KH].[KH]. The summed E-state index contributed by atoms with van der Waals surface area (Å²) in [6, 6.07) is 0. The fourth-order valence-electron chi connectivity index (χ4n) is 0. The zero-order valence-electron chi connectivity index (χ0n) is 2.45. The Kier molecular flexibility index (Phi) is 949. The van der Waals surface area contributed by atoms with Gasteiger partial charge in [0.25, 0.3) is 0 Å². The summed E-state index contributed by atoms with van der Waals surface area (Å²) in [5.74, 6) is 0. The van der Waals surface area contributed by atoms with E-state index in [1.54, 1.807) is 0 Å². The van der Waals surface area contributed by atoms with Crippen LogP contribution in [0.3, 0.4) is 0 Å². The third-order valence-electron chi connectivity index (χ3n) is 0. The molecule has 0 atom stereocenters. The van der Waals surface area contributed by atoms with Gasteiger partial charge in [-0.1, -0.05) is 0 Å². The summed E-state index contributed by atoms with van der Waals surface area (Å²) in [7, 11) is 0. The van der Waals surface area contributed by atoms with E-state index in [1.165, 1.54) is 0 Å². The summed E-state index contributed by atoms with van der Waals surface area (Å²) in [4.78, 5) is 0. The number of hydrogen-bond acceptors (Lipinski definition) is 0. The summed E-state index contributed by atoms with van der Waals surface area (Å²) < 4.78 is 0. The average Bonchev–Trinajstić information content (AvgIpc) is 0. The maximum absolute atomic E-state index is 0. The summed E-state index contributed by atoms with van der Waals surface area (Å²) in [6.07, 6.45) is 0. The molecule has 0 unspecified atom stereocenters. The van der Waals surface area contributed by atoms with Crippen LogP contribution < -0.4 is 0 Å². The van der Waals surface area contributed by atoms with E-state index in [-0.39, 0.29) is 182 Å². The van der Waals surface area contributed by atoms with Crippen LogP contribution in [0.2, 0.25) is 0 Å². The van der Waals surface area contributed by atoms with Crippen LogP contribution in [0.15, 0.2) is 0 Å². The van der Waals surface area contributed by atoms with Crippen molar-refractivity contribution in [1.82, 2.24) is 0 Å². The van der Waals surface area contributed by atoms with Crippen molar-refractivity contribution >= 4 is 154 Å². The standard InChI is InChI=1S/6FH.3K.3H/h6*1H;;;;;;. The molecular weight excluding hydrogens is 231 g/mol. The first-order chi connectivity index (χ1) is 0. The van der Waals surface area contributed by atoms with E-state index in [2.05, 4.69) is 0 Å². The zero-order valence-corrected chi connectivity index (χ0v) is 2.45. The number of hydrogen-bond donors (Lipinski definition) is 0.